The molecule has 0 fully saturated rings. The molecule has 8 nitrogen and oxygen atoms in total. The molecule has 0 aliphatic heterocycles. The molecule has 0 atom stereocenters. The van der Waals surface area contributed by atoms with E-state index in [1.165, 1.54) is 5.39 Å². The van der Waals surface area contributed by atoms with Gasteiger partial charge in [0, 0.05) is 5.02 Å². The van der Waals surface area contributed by atoms with E-state index >= 15 is 0 Å². The number of fused-ring (bicyclic) bond motifs is 1. The summed E-state index contributed by atoms with van der Waals surface area (Å²) in [6.45, 7) is 0.459. The lowest BCUT2D eigenvalue weighted by atomic mass is 10.1. The van der Waals surface area contributed by atoms with Gasteiger partial charge in [-0.05, 0) is 74.2 Å². The molecule has 5 rings (SSSR count). The van der Waals surface area contributed by atoms with Crippen molar-refractivity contribution in [2.45, 2.75) is 18.4 Å². The zero-order chi connectivity index (χ0) is 28.6. The third-order valence-electron chi connectivity index (χ3n) is 5.64. The summed E-state index contributed by atoms with van der Waals surface area (Å²) in [4.78, 5) is 12.2. The van der Waals surface area contributed by atoms with Crippen molar-refractivity contribution >= 4 is 73.8 Å². The fourth-order valence-electron chi connectivity index (χ4n) is 3.71. The molecule has 1 aromatic heterocycles. The van der Waals surface area contributed by atoms with Crippen LogP contribution in [0.15, 0.2) is 98.1 Å². The van der Waals surface area contributed by atoms with Gasteiger partial charge in [-0.1, -0.05) is 77.4 Å². The highest BCUT2D eigenvalue weighted by atomic mass is 79.9. The maximum Gasteiger partial charge on any atom is 0.277 e. The Hall–Kier alpha value is -3.57. The molecule has 0 saturated heterocycles. The number of ether oxygens (including phenoxy) is 2. The van der Waals surface area contributed by atoms with E-state index in [0.717, 1.165) is 32.7 Å². The second-order valence-corrected chi connectivity index (χ2v) is 11.1. The number of hydrogen-bond donors (Lipinski definition) is 1. The molecule has 208 valence electrons. The number of hydrogen-bond acceptors (Lipinski definition) is 8. The van der Waals surface area contributed by atoms with Gasteiger partial charge in [-0.15, -0.1) is 10.2 Å². The molecule has 41 heavy (non-hydrogen) atoms. The van der Waals surface area contributed by atoms with Crippen molar-refractivity contribution in [3.05, 3.63) is 110 Å². The van der Waals surface area contributed by atoms with Gasteiger partial charge in [0.25, 0.3) is 17.0 Å². The van der Waals surface area contributed by atoms with E-state index in [-0.39, 0.29) is 29.4 Å². The van der Waals surface area contributed by atoms with Gasteiger partial charge in [0.05, 0.1) is 21.5 Å². The Labute approximate surface area is 258 Å². The molecule has 5 aromatic rings. The molecule has 0 radical (unpaired) electrons. The first-order valence-corrected chi connectivity index (χ1v) is 14.7. The minimum Gasteiger partial charge on any atom is -0.488 e. The number of amides is 1. The van der Waals surface area contributed by atoms with Gasteiger partial charge in [-0.25, -0.2) is 5.43 Å². The number of carbonyl (C=O) groups excluding carboxylic acids is 1. The van der Waals surface area contributed by atoms with Crippen LogP contribution in [0.5, 0.6) is 11.5 Å². The van der Waals surface area contributed by atoms with Gasteiger partial charge in [0.15, 0.2) is 6.61 Å². The minimum atomic E-state index is -0.329. The van der Waals surface area contributed by atoms with Crippen molar-refractivity contribution in [1.82, 2.24) is 15.6 Å². The normalized spacial score (nSPS) is 11.2. The van der Waals surface area contributed by atoms with Gasteiger partial charge in [0.1, 0.15) is 18.1 Å². The number of hydrazone groups is 1. The summed E-state index contributed by atoms with van der Waals surface area (Å²) in [7, 11) is 0. The van der Waals surface area contributed by atoms with Crippen LogP contribution in [0.1, 0.15) is 17.0 Å². The van der Waals surface area contributed by atoms with Crippen LogP contribution in [0.4, 0.5) is 0 Å². The quantitative estimate of drug-likeness (QED) is 0.0873. The van der Waals surface area contributed by atoms with Crippen LogP contribution >= 0.6 is 50.9 Å². The van der Waals surface area contributed by atoms with Crippen LogP contribution < -0.4 is 14.9 Å². The van der Waals surface area contributed by atoms with E-state index in [0.29, 0.717) is 28.2 Å². The number of benzene rings is 4. The lowest BCUT2D eigenvalue weighted by Crippen LogP contribution is -2.19. The van der Waals surface area contributed by atoms with Gasteiger partial charge in [-0.3, -0.25) is 4.79 Å². The van der Waals surface area contributed by atoms with Gasteiger partial charge in [-0.2, -0.15) is 5.10 Å². The topological polar surface area (TPSA) is 98.8 Å². The summed E-state index contributed by atoms with van der Waals surface area (Å²) in [5.74, 6) is 1.09. The number of carbonyl (C=O) groups is 1. The smallest absolute Gasteiger partial charge is 0.277 e. The van der Waals surface area contributed by atoms with Gasteiger partial charge < -0.3 is 13.9 Å². The fraction of sp³-hybridized carbons (Fsp3) is 0.103. The Morgan fingerprint density at radius 2 is 1.78 bits per heavy atom. The first-order valence-electron chi connectivity index (χ1n) is 12.2. The van der Waals surface area contributed by atoms with Crippen LogP contribution in [-0.2, 0) is 18.0 Å². The molecular weight excluding hydrogens is 651 g/mol. The molecule has 1 N–H and O–H groups in total. The third kappa shape index (κ3) is 8.01. The number of halogens is 3. The van der Waals surface area contributed by atoms with Crippen molar-refractivity contribution in [2.75, 3.05) is 5.75 Å². The minimum absolute atomic E-state index is 0.0218. The van der Waals surface area contributed by atoms with Gasteiger partial charge in [0.2, 0.25) is 0 Å². The molecule has 12 heteroatoms. The van der Waals surface area contributed by atoms with E-state index in [1.807, 2.05) is 36.4 Å². The average Bonchev–Trinajstić information content (AvgIpc) is 3.43. The summed E-state index contributed by atoms with van der Waals surface area (Å²) in [5.41, 5.74) is 4.37. The third-order valence-corrected chi connectivity index (χ3v) is 7.61. The highest BCUT2D eigenvalue weighted by Crippen LogP contribution is 2.29. The molecule has 1 heterocycles. The van der Waals surface area contributed by atoms with E-state index in [1.54, 1.807) is 24.4 Å². The summed E-state index contributed by atoms with van der Waals surface area (Å²) in [5, 5.41) is 15.3. The molecule has 0 aliphatic carbocycles. The predicted octanol–water partition coefficient (Wildman–Crippen LogP) is 7.69. The van der Waals surface area contributed by atoms with E-state index in [2.05, 4.69) is 60.9 Å². The molecule has 0 unspecified atom stereocenters. The largest absolute Gasteiger partial charge is 0.488 e. The van der Waals surface area contributed by atoms with E-state index < -0.39 is 0 Å². The predicted molar refractivity (Wildman–Crippen MR) is 164 cm³/mol. The molecule has 0 bridgehead atoms. The van der Waals surface area contributed by atoms with Crippen LogP contribution in [0.3, 0.4) is 0 Å². The first kappa shape index (κ1) is 28.9. The van der Waals surface area contributed by atoms with Crippen molar-refractivity contribution in [1.29, 1.82) is 0 Å². The van der Waals surface area contributed by atoms with E-state index in [9.17, 15) is 4.79 Å². The number of nitrogens with one attached hydrogen (secondary N) is 1. The Kier molecular flexibility index (Phi) is 9.79. The first-order chi connectivity index (χ1) is 19.9. The van der Waals surface area contributed by atoms with Crippen LogP contribution in [-0.4, -0.2) is 28.1 Å². The van der Waals surface area contributed by atoms with E-state index in [4.69, 9.17) is 37.1 Å². The average molecular weight is 672 g/mol. The maximum absolute atomic E-state index is 12.2. The lowest BCUT2D eigenvalue weighted by molar-refractivity contribution is -0.118. The summed E-state index contributed by atoms with van der Waals surface area (Å²) in [6.07, 6.45) is 1.55. The highest BCUT2D eigenvalue weighted by Gasteiger charge is 2.11. The molecule has 0 saturated carbocycles. The Morgan fingerprint density at radius 1 is 0.976 bits per heavy atom. The standard InChI is InChI=1S/C29H21BrCl2N4O4S/c30-23-12-18(8-10-25(23)38-15-20-6-3-5-19-4-1-2-7-22(19)20)14-33-34-27(37)17-41-29-36-35-28(40-29)16-39-26-11-9-21(31)13-24(26)32/h1-14H,15-17H2,(H,34,37)/b33-14-. The van der Waals surface area contributed by atoms with Gasteiger partial charge >= 0.3 is 0 Å². The van der Waals surface area contributed by atoms with Crippen molar-refractivity contribution in [2.24, 2.45) is 5.10 Å². The Balaban J connectivity index is 1.06. The molecule has 1 amide bonds. The number of rotatable bonds is 11. The van der Waals surface area contributed by atoms with Crippen LogP contribution in [0, 0.1) is 0 Å². The van der Waals surface area contributed by atoms with Crippen LogP contribution in [0.2, 0.25) is 10.0 Å². The summed E-state index contributed by atoms with van der Waals surface area (Å²) < 4.78 is 17.9. The second kappa shape index (κ2) is 13.9. The maximum atomic E-state index is 12.2. The molecule has 0 aliphatic rings. The number of nitrogens with zero attached hydrogens (tertiary/aromatic N) is 3. The Morgan fingerprint density at radius 3 is 2.63 bits per heavy atom. The monoisotopic (exact) mass is 670 g/mol. The lowest BCUT2D eigenvalue weighted by Gasteiger charge is -2.11. The zero-order valence-corrected chi connectivity index (χ0v) is 25.1. The highest BCUT2D eigenvalue weighted by molar-refractivity contribution is 9.10. The number of aromatic nitrogens is 2. The van der Waals surface area contributed by atoms with Crippen molar-refractivity contribution in [3.8, 4) is 11.5 Å². The van der Waals surface area contributed by atoms with Crippen LogP contribution in [0.25, 0.3) is 10.8 Å². The summed E-state index contributed by atoms with van der Waals surface area (Å²) >= 11 is 16.6. The molecular formula is C29H21BrCl2N4O4S. The Bertz CT molecular complexity index is 1710. The zero-order valence-electron chi connectivity index (χ0n) is 21.2. The SMILES string of the molecule is O=C(CSc1nnc(COc2ccc(Cl)cc2Cl)o1)N/N=C\c1ccc(OCc2cccc3ccccc23)c(Br)c1. The number of thioether (sulfide) groups is 1. The van der Waals surface area contributed by atoms with Crippen molar-refractivity contribution in [3.63, 3.8) is 0 Å². The summed E-state index contributed by atoms with van der Waals surface area (Å²) in [6, 6.07) is 24.8. The second-order valence-electron chi connectivity index (χ2n) is 8.52. The fourth-order valence-corrected chi connectivity index (χ4v) is 5.26. The molecule has 4 aromatic carbocycles. The molecule has 0 spiro atoms. The van der Waals surface area contributed by atoms with Crippen molar-refractivity contribution < 1.29 is 18.7 Å².